The Balaban J connectivity index is 0.00000200. The van der Waals surface area contributed by atoms with Gasteiger partial charge < -0.3 is 9.30 Å². The predicted octanol–water partition coefficient (Wildman–Crippen LogP) is 3.41. The molecule has 1 heterocycles. The molecule has 20 heavy (non-hydrogen) atoms. The molecule has 1 radical (unpaired) electrons. The molecule has 0 N–H and O–H groups in total. The molecule has 103 valence electrons. The fourth-order valence-corrected chi connectivity index (χ4v) is 2.38. The van der Waals surface area contributed by atoms with E-state index < -0.39 is 0 Å². The minimum Gasteiger partial charge on any atom is -0.497 e. The standard InChI is InChI=1S/C15H15BrNO2.Y/c1-4-17-14(8-7-13(16)15(17)18)12-6-5-11(19-3)9-10(12)2;/h5-7,9H,4H2,1-3H3;/q-1;. The van der Waals surface area contributed by atoms with Crippen molar-refractivity contribution in [1.29, 1.82) is 0 Å². The topological polar surface area (TPSA) is 31.2 Å². The second kappa shape index (κ2) is 7.53. The van der Waals surface area contributed by atoms with Crippen molar-refractivity contribution in [2.24, 2.45) is 0 Å². The van der Waals surface area contributed by atoms with Crippen LogP contribution in [0.3, 0.4) is 0 Å². The first-order chi connectivity index (χ1) is 9.08. The first-order valence-electron chi connectivity index (χ1n) is 6.04. The first-order valence-corrected chi connectivity index (χ1v) is 6.83. The van der Waals surface area contributed by atoms with E-state index in [4.69, 9.17) is 4.74 Å². The summed E-state index contributed by atoms with van der Waals surface area (Å²) in [6.07, 6.45) is 0. The summed E-state index contributed by atoms with van der Waals surface area (Å²) in [4.78, 5) is 12.1. The van der Waals surface area contributed by atoms with Crippen molar-refractivity contribution in [3.05, 3.63) is 50.7 Å². The van der Waals surface area contributed by atoms with Crippen molar-refractivity contribution >= 4 is 15.9 Å². The van der Waals surface area contributed by atoms with Gasteiger partial charge in [-0.1, -0.05) is 23.7 Å². The summed E-state index contributed by atoms with van der Waals surface area (Å²) in [6.45, 7) is 4.55. The van der Waals surface area contributed by atoms with Crippen molar-refractivity contribution in [2.45, 2.75) is 20.4 Å². The van der Waals surface area contributed by atoms with Crippen LogP contribution in [-0.2, 0) is 39.3 Å². The van der Waals surface area contributed by atoms with Crippen molar-refractivity contribution in [1.82, 2.24) is 4.57 Å². The van der Waals surface area contributed by atoms with Crippen LogP contribution in [0.5, 0.6) is 5.75 Å². The molecule has 2 aromatic rings. The van der Waals surface area contributed by atoms with Crippen LogP contribution in [0.4, 0.5) is 0 Å². The van der Waals surface area contributed by atoms with Crippen molar-refractivity contribution in [3.8, 4) is 17.0 Å². The molecule has 0 aliphatic heterocycles. The Morgan fingerprint density at radius 3 is 2.65 bits per heavy atom. The Hall–Kier alpha value is -0.446. The van der Waals surface area contributed by atoms with E-state index in [9.17, 15) is 4.79 Å². The van der Waals surface area contributed by atoms with Gasteiger partial charge in [0.15, 0.2) is 0 Å². The minimum absolute atomic E-state index is 0. The summed E-state index contributed by atoms with van der Waals surface area (Å²) in [5, 5.41) is 0. The van der Waals surface area contributed by atoms with Gasteiger partial charge in [0.05, 0.1) is 7.11 Å². The maximum atomic E-state index is 12.1. The van der Waals surface area contributed by atoms with Crippen molar-refractivity contribution < 1.29 is 37.4 Å². The normalized spacial score (nSPS) is 10.0. The zero-order valence-electron chi connectivity index (χ0n) is 11.7. The number of hydrogen-bond donors (Lipinski definition) is 0. The van der Waals surface area contributed by atoms with E-state index in [2.05, 4.69) is 22.0 Å². The Labute approximate surface area is 152 Å². The fourth-order valence-electron chi connectivity index (χ4n) is 2.06. The monoisotopic (exact) mass is 409 g/mol. The SMILES string of the molecule is CCn1c(-c2ccc(OC)cc2C)[c-]cc(Br)c1=O.[Y]. The van der Waals surface area contributed by atoms with Crippen LogP contribution in [0.25, 0.3) is 11.3 Å². The number of halogens is 1. The van der Waals surface area contributed by atoms with Crippen LogP contribution in [0.15, 0.2) is 33.5 Å². The van der Waals surface area contributed by atoms with E-state index in [1.165, 1.54) is 0 Å². The summed E-state index contributed by atoms with van der Waals surface area (Å²) < 4.78 is 7.44. The summed E-state index contributed by atoms with van der Waals surface area (Å²) >= 11 is 3.25. The van der Waals surface area contributed by atoms with E-state index in [0.717, 1.165) is 22.6 Å². The third kappa shape index (κ3) is 3.41. The number of ether oxygens (including phenoxy) is 1. The number of aromatic nitrogens is 1. The average molecular weight is 410 g/mol. The number of methoxy groups -OCH3 is 1. The Bertz CT molecular complexity index is 667. The average Bonchev–Trinajstić information content (AvgIpc) is 2.42. The van der Waals surface area contributed by atoms with Gasteiger partial charge in [0.25, 0.3) is 0 Å². The van der Waals surface area contributed by atoms with E-state index in [1.807, 2.05) is 32.0 Å². The van der Waals surface area contributed by atoms with Gasteiger partial charge in [0.1, 0.15) is 5.75 Å². The number of aryl methyl sites for hydroxylation is 1. The number of nitrogens with zero attached hydrogens (tertiary/aromatic N) is 1. The van der Waals surface area contributed by atoms with Crippen molar-refractivity contribution in [3.63, 3.8) is 0 Å². The molecule has 0 aliphatic rings. The summed E-state index contributed by atoms with van der Waals surface area (Å²) in [5.41, 5.74) is 2.81. The Kier molecular flexibility index (Phi) is 6.63. The van der Waals surface area contributed by atoms with Crippen LogP contribution in [0.1, 0.15) is 12.5 Å². The van der Waals surface area contributed by atoms with Gasteiger partial charge in [-0.2, -0.15) is 12.1 Å². The molecule has 0 saturated carbocycles. The first kappa shape index (κ1) is 17.6. The molecule has 0 saturated heterocycles. The molecule has 0 bridgehead atoms. The second-order valence-electron chi connectivity index (χ2n) is 4.22. The van der Waals surface area contributed by atoms with Gasteiger partial charge in [-0.05, 0) is 23.5 Å². The smallest absolute Gasteiger partial charge is 0.208 e. The largest absolute Gasteiger partial charge is 0.497 e. The van der Waals surface area contributed by atoms with Gasteiger partial charge in [0, 0.05) is 39.3 Å². The van der Waals surface area contributed by atoms with Gasteiger partial charge in [-0.3, -0.25) is 4.79 Å². The van der Waals surface area contributed by atoms with E-state index >= 15 is 0 Å². The molecule has 0 aliphatic carbocycles. The zero-order chi connectivity index (χ0) is 14.0. The van der Waals surface area contributed by atoms with Gasteiger partial charge >= 0.3 is 0 Å². The molecule has 1 aromatic heterocycles. The van der Waals surface area contributed by atoms with Crippen LogP contribution < -0.4 is 10.3 Å². The van der Waals surface area contributed by atoms with E-state index in [0.29, 0.717) is 11.0 Å². The quantitative estimate of drug-likeness (QED) is 0.727. The summed E-state index contributed by atoms with van der Waals surface area (Å²) in [7, 11) is 1.64. The third-order valence-electron chi connectivity index (χ3n) is 3.06. The molecule has 0 fully saturated rings. The molecular formula is C15H15BrNO2Y-. The molecule has 0 spiro atoms. The Morgan fingerprint density at radius 2 is 2.10 bits per heavy atom. The van der Waals surface area contributed by atoms with Crippen LogP contribution in [-0.4, -0.2) is 11.7 Å². The van der Waals surface area contributed by atoms with Crippen LogP contribution >= 0.6 is 15.9 Å². The molecule has 2 rings (SSSR count). The predicted molar refractivity (Wildman–Crippen MR) is 79.6 cm³/mol. The minimum atomic E-state index is -0.0357. The summed E-state index contributed by atoms with van der Waals surface area (Å²) in [6, 6.07) is 10.6. The van der Waals surface area contributed by atoms with Crippen molar-refractivity contribution in [2.75, 3.05) is 7.11 Å². The fraction of sp³-hybridized carbons (Fsp3) is 0.267. The van der Waals surface area contributed by atoms with Gasteiger partial charge in [-0.25, -0.2) is 0 Å². The van der Waals surface area contributed by atoms with E-state index in [1.54, 1.807) is 17.7 Å². The number of hydrogen-bond acceptors (Lipinski definition) is 2. The Morgan fingerprint density at radius 1 is 1.40 bits per heavy atom. The molecule has 0 atom stereocenters. The molecule has 1 aromatic carbocycles. The van der Waals surface area contributed by atoms with Gasteiger partial charge in [0.2, 0.25) is 5.56 Å². The molecule has 0 unspecified atom stereocenters. The second-order valence-corrected chi connectivity index (χ2v) is 5.07. The van der Waals surface area contributed by atoms with Gasteiger partial charge in [-0.15, -0.1) is 22.0 Å². The molecule has 5 heteroatoms. The van der Waals surface area contributed by atoms with Crippen LogP contribution in [0, 0.1) is 13.0 Å². The third-order valence-corrected chi connectivity index (χ3v) is 3.63. The zero-order valence-corrected chi connectivity index (χ0v) is 16.2. The number of rotatable bonds is 3. The molecular weight excluding hydrogens is 395 g/mol. The maximum absolute atomic E-state index is 12.1. The van der Waals surface area contributed by atoms with Crippen LogP contribution in [0.2, 0.25) is 0 Å². The maximum Gasteiger partial charge on any atom is 0.208 e. The molecule has 3 nitrogen and oxygen atoms in total. The number of pyridine rings is 1. The molecule has 0 amide bonds. The number of benzene rings is 1. The summed E-state index contributed by atoms with van der Waals surface area (Å²) in [5.74, 6) is 0.809. The van der Waals surface area contributed by atoms with E-state index in [-0.39, 0.29) is 38.3 Å².